The van der Waals surface area contributed by atoms with Crippen LogP contribution in [0.1, 0.15) is 22.8 Å². The van der Waals surface area contributed by atoms with Gasteiger partial charge in [0, 0.05) is 0 Å². The first-order chi connectivity index (χ1) is 14.5. The van der Waals surface area contributed by atoms with Gasteiger partial charge in [0.2, 0.25) is 0 Å². The molecule has 0 saturated heterocycles. The van der Waals surface area contributed by atoms with Crippen molar-refractivity contribution in [3.63, 3.8) is 0 Å². The van der Waals surface area contributed by atoms with E-state index in [-0.39, 0.29) is 17.2 Å². The number of anilines is 1. The summed E-state index contributed by atoms with van der Waals surface area (Å²) in [6, 6.07) is 21.4. The van der Waals surface area contributed by atoms with Gasteiger partial charge < -0.3 is 4.74 Å². The Morgan fingerprint density at radius 1 is 1.00 bits per heavy atom. The number of ether oxygens (including phenoxy) is 1. The Kier molecular flexibility index (Phi) is 5.22. The number of para-hydroxylation sites is 1. The second-order valence-electron chi connectivity index (χ2n) is 6.64. The number of hydrazone groups is 1. The normalized spacial score (nSPS) is 14.7. The fourth-order valence-corrected chi connectivity index (χ4v) is 3.05. The van der Waals surface area contributed by atoms with Gasteiger partial charge in [-0.15, -0.1) is 0 Å². The molecule has 0 aromatic heterocycles. The number of rotatable bonds is 4. The van der Waals surface area contributed by atoms with Crippen LogP contribution in [0, 0.1) is 5.82 Å². The highest BCUT2D eigenvalue weighted by Crippen LogP contribution is 2.25. The highest BCUT2D eigenvalue weighted by molar-refractivity contribution is 6.32. The number of hydrogen-bond donors (Lipinski definition) is 0. The molecule has 4 rings (SSSR count). The molecule has 0 saturated carbocycles. The van der Waals surface area contributed by atoms with Crippen LogP contribution >= 0.6 is 0 Å². The van der Waals surface area contributed by atoms with E-state index in [1.807, 2.05) is 18.2 Å². The van der Waals surface area contributed by atoms with Crippen molar-refractivity contribution in [3.05, 3.63) is 101 Å². The van der Waals surface area contributed by atoms with Crippen LogP contribution < -0.4 is 9.75 Å². The third kappa shape index (κ3) is 3.89. The Morgan fingerprint density at radius 2 is 1.73 bits per heavy atom. The molecular formula is C24H17FN2O3. The molecule has 0 atom stereocenters. The summed E-state index contributed by atoms with van der Waals surface area (Å²) in [7, 11) is 0. The largest absolute Gasteiger partial charge is 0.423 e. The maximum Gasteiger partial charge on any atom is 0.346 e. The summed E-state index contributed by atoms with van der Waals surface area (Å²) >= 11 is 0. The lowest BCUT2D eigenvalue weighted by molar-refractivity contribution is -0.114. The van der Waals surface area contributed by atoms with Crippen LogP contribution in [0.5, 0.6) is 5.75 Å². The zero-order chi connectivity index (χ0) is 21.1. The maximum absolute atomic E-state index is 13.8. The molecule has 0 aliphatic carbocycles. The number of halogens is 1. The molecule has 0 bridgehead atoms. The van der Waals surface area contributed by atoms with Crippen LogP contribution in [0.25, 0.3) is 6.08 Å². The van der Waals surface area contributed by atoms with E-state index < -0.39 is 11.8 Å². The molecule has 5 nitrogen and oxygen atoms in total. The van der Waals surface area contributed by atoms with Gasteiger partial charge in [0.15, 0.2) is 0 Å². The summed E-state index contributed by atoms with van der Waals surface area (Å²) in [6.45, 7) is 1.76. The first-order valence-electron chi connectivity index (χ1n) is 9.26. The van der Waals surface area contributed by atoms with Crippen LogP contribution in [0.3, 0.4) is 0 Å². The van der Waals surface area contributed by atoms with Gasteiger partial charge in [0.25, 0.3) is 5.91 Å². The lowest BCUT2D eigenvalue weighted by Gasteiger charge is -2.11. The Labute approximate surface area is 172 Å². The fraction of sp³-hybridized carbons (Fsp3) is 0.0417. The van der Waals surface area contributed by atoms with E-state index in [0.717, 1.165) is 0 Å². The lowest BCUT2D eigenvalue weighted by Crippen LogP contribution is -2.21. The summed E-state index contributed by atoms with van der Waals surface area (Å²) in [6.07, 6.45) is 1.69. The molecule has 0 fully saturated rings. The topological polar surface area (TPSA) is 59.0 Å². The van der Waals surface area contributed by atoms with Crippen LogP contribution in [-0.4, -0.2) is 17.6 Å². The Balaban J connectivity index is 1.57. The van der Waals surface area contributed by atoms with Crippen LogP contribution in [0.2, 0.25) is 0 Å². The van der Waals surface area contributed by atoms with Crippen molar-refractivity contribution >= 4 is 29.4 Å². The van der Waals surface area contributed by atoms with E-state index in [2.05, 4.69) is 5.10 Å². The Morgan fingerprint density at radius 3 is 2.50 bits per heavy atom. The molecule has 30 heavy (non-hydrogen) atoms. The molecule has 1 heterocycles. The van der Waals surface area contributed by atoms with Gasteiger partial charge >= 0.3 is 5.97 Å². The van der Waals surface area contributed by atoms with Gasteiger partial charge in [0.1, 0.15) is 11.6 Å². The minimum atomic E-state index is -0.789. The number of benzene rings is 3. The average molecular weight is 400 g/mol. The van der Waals surface area contributed by atoms with Crippen LogP contribution in [0.15, 0.2) is 89.5 Å². The molecule has 0 spiro atoms. The zero-order valence-electron chi connectivity index (χ0n) is 16.1. The lowest BCUT2D eigenvalue weighted by atomic mass is 10.1. The second kappa shape index (κ2) is 8.13. The molecular weight excluding hydrogens is 383 g/mol. The van der Waals surface area contributed by atoms with Crippen molar-refractivity contribution in [2.24, 2.45) is 5.10 Å². The first kappa shape index (κ1) is 19.3. The third-order valence-corrected chi connectivity index (χ3v) is 4.54. The third-order valence-electron chi connectivity index (χ3n) is 4.54. The molecule has 1 aliphatic rings. The van der Waals surface area contributed by atoms with Crippen molar-refractivity contribution in [1.82, 2.24) is 0 Å². The summed E-state index contributed by atoms with van der Waals surface area (Å²) in [5, 5.41) is 5.69. The van der Waals surface area contributed by atoms with Crippen molar-refractivity contribution in [2.45, 2.75) is 6.92 Å². The molecule has 0 N–H and O–H groups in total. The summed E-state index contributed by atoms with van der Waals surface area (Å²) in [5.41, 5.74) is 2.21. The SMILES string of the molecule is CC1=NN(c2ccccc2)C(=O)C1=Cc1cccc(OC(=O)c2ccccc2F)c1. The van der Waals surface area contributed by atoms with E-state index in [1.54, 1.807) is 55.5 Å². The van der Waals surface area contributed by atoms with Crippen molar-refractivity contribution in [1.29, 1.82) is 0 Å². The fourth-order valence-electron chi connectivity index (χ4n) is 3.05. The van der Waals surface area contributed by atoms with Gasteiger partial charge in [-0.1, -0.05) is 42.5 Å². The van der Waals surface area contributed by atoms with Crippen LogP contribution in [-0.2, 0) is 4.79 Å². The molecule has 1 amide bonds. The van der Waals surface area contributed by atoms with E-state index in [0.29, 0.717) is 22.5 Å². The number of carbonyl (C=O) groups excluding carboxylic acids is 2. The molecule has 0 radical (unpaired) electrons. The van der Waals surface area contributed by atoms with E-state index >= 15 is 0 Å². The molecule has 3 aromatic carbocycles. The van der Waals surface area contributed by atoms with Crippen molar-refractivity contribution < 1.29 is 18.7 Å². The van der Waals surface area contributed by atoms with Crippen LogP contribution in [0.4, 0.5) is 10.1 Å². The number of hydrogen-bond acceptors (Lipinski definition) is 4. The molecule has 1 aliphatic heterocycles. The van der Waals surface area contributed by atoms with Gasteiger partial charge in [-0.3, -0.25) is 4.79 Å². The maximum atomic E-state index is 13.8. The van der Waals surface area contributed by atoms with E-state index in [4.69, 9.17) is 4.74 Å². The van der Waals surface area contributed by atoms with Gasteiger partial charge in [-0.2, -0.15) is 10.1 Å². The smallest absolute Gasteiger partial charge is 0.346 e. The summed E-state index contributed by atoms with van der Waals surface area (Å²) in [4.78, 5) is 25.1. The number of carbonyl (C=O) groups is 2. The quantitative estimate of drug-likeness (QED) is 0.357. The monoisotopic (exact) mass is 400 g/mol. The summed E-state index contributed by atoms with van der Waals surface area (Å²) < 4.78 is 19.1. The van der Waals surface area contributed by atoms with Gasteiger partial charge in [-0.25, -0.2) is 9.18 Å². The Hall–Kier alpha value is -4.06. The predicted octanol–water partition coefficient (Wildman–Crippen LogP) is 4.85. The Bertz CT molecular complexity index is 1190. The molecule has 6 heteroatoms. The van der Waals surface area contributed by atoms with E-state index in [1.165, 1.54) is 23.2 Å². The molecule has 3 aromatic rings. The minimum absolute atomic E-state index is 0.145. The van der Waals surface area contributed by atoms with E-state index in [9.17, 15) is 14.0 Å². The number of amides is 1. The van der Waals surface area contributed by atoms with Crippen molar-refractivity contribution in [2.75, 3.05) is 5.01 Å². The van der Waals surface area contributed by atoms with Gasteiger partial charge in [-0.05, 0) is 55.0 Å². The number of esters is 1. The van der Waals surface area contributed by atoms with Gasteiger partial charge in [0.05, 0.1) is 22.5 Å². The molecule has 148 valence electrons. The highest BCUT2D eigenvalue weighted by Gasteiger charge is 2.28. The summed E-state index contributed by atoms with van der Waals surface area (Å²) in [5.74, 6) is -1.43. The zero-order valence-corrected chi connectivity index (χ0v) is 16.1. The second-order valence-corrected chi connectivity index (χ2v) is 6.64. The standard InChI is InChI=1S/C24H17FN2O3/c1-16-21(23(28)27(26-16)18-9-3-2-4-10-18)15-17-8-7-11-19(14-17)30-24(29)20-12-5-6-13-22(20)25/h2-15H,1H3. The average Bonchev–Trinajstić information content (AvgIpc) is 3.03. The first-order valence-corrected chi connectivity index (χ1v) is 9.26. The minimum Gasteiger partial charge on any atom is -0.423 e. The highest BCUT2D eigenvalue weighted by atomic mass is 19.1. The van der Waals surface area contributed by atoms with Crippen molar-refractivity contribution in [3.8, 4) is 5.75 Å². The molecule has 0 unspecified atom stereocenters. The number of nitrogens with zero attached hydrogens (tertiary/aromatic N) is 2. The predicted molar refractivity (Wildman–Crippen MR) is 113 cm³/mol.